The molecule has 1 N–H and O–H groups in total. The smallest absolute Gasteiger partial charge is 0.257 e. The van der Waals surface area contributed by atoms with Crippen LogP contribution in [0, 0.1) is 13.8 Å². The summed E-state index contributed by atoms with van der Waals surface area (Å²) in [6.45, 7) is 8.63. The van der Waals surface area contributed by atoms with Crippen molar-refractivity contribution in [2.45, 2.75) is 47.0 Å². The lowest BCUT2D eigenvalue weighted by atomic mass is 10.00. The Kier molecular flexibility index (Phi) is 6.71. The van der Waals surface area contributed by atoms with E-state index in [9.17, 15) is 4.79 Å². The van der Waals surface area contributed by atoms with E-state index in [4.69, 9.17) is 4.74 Å². The van der Waals surface area contributed by atoms with E-state index < -0.39 is 0 Å². The first kappa shape index (κ1) is 19.1. The molecule has 0 aliphatic carbocycles. The maximum absolute atomic E-state index is 13.1. The lowest BCUT2D eigenvalue weighted by Crippen LogP contribution is -2.19. The van der Waals surface area contributed by atoms with Gasteiger partial charge in [0.1, 0.15) is 0 Å². The Balaban J connectivity index is 2.42. The van der Waals surface area contributed by atoms with Gasteiger partial charge in [0.15, 0.2) is 0 Å². The predicted octanol–water partition coefficient (Wildman–Crippen LogP) is 4.26. The lowest BCUT2D eigenvalue weighted by molar-refractivity contribution is 0.102. The van der Waals surface area contributed by atoms with Crippen LogP contribution in [0.15, 0.2) is 24.3 Å². The summed E-state index contributed by atoms with van der Waals surface area (Å²) >= 11 is 0. The van der Waals surface area contributed by atoms with Crippen molar-refractivity contribution in [1.82, 2.24) is 4.98 Å². The van der Waals surface area contributed by atoms with E-state index in [2.05, 4.69) is 42.3 Å². The quantitative estimate of drug-likeness (QED) is 0.819. The second-order valence-corrected chi connectivity index (χ2v) is 6.24. The monoisotopic (exact) mass is 340 g/mol. The molecule has 1 amide bonds. The van der Waals surface area contributed by atoms with E-state index in [1.807, 2.05) is 19.9 Å². The summed E-state index contributed by atoms with van der Waals surface area (Å²) in [5.74, 6) is -0.0910. The number of carbonyl (C=O) groups excluding carboxylic acids is 1. The van der Waals surface area contributed by atoms with Crippen LogP contribution < -0.4 is 5.32 Å². The van der Waals surface area contributed by atoms with E-state index in [0.29, 0.717) is 18.6 Å². The molecule has 1 heterocycles. The number of nitrogens with zero attached hydrogens (tertiary/aromatic N) is 1. The number of benzene rings is 1. The van der Waals surface area contributed by atoms with Gasteiger partial charge in [0, 0.05) is 18.5 Å². The molecule has 0 fully saturated rings. The molecular formula is C21H28N2O2. The third-order valence-electron chi connectivity index (χ3n) is 4.45. The van der Waals surface area contributed by atoms with Crippen LogP contribution in [0.25, 0.3) is 0 Å². The summed E-state index contributed by atoms with van der Waals surface area (Å²) < 4.78 is 5.20. The fourth-order valence-corrected chi connectivity index (χ4v) is 3.21. The molecule has 0 spiro atoms. The zero-order valence-electron chi connectivity index (χ0n) is 15.9. The van der Waals surface area contributed by atoms with E-state index in [1.54, 1.807) is 7.11 Å². The average molecular weight is 340 g/mol. The highest BCUT2D eigenvalue weighted by atomic mass is 16.5. The van der Waals surface area contributed by atoms with Crippen LogP contribution in [-0.2, 0) is 24.0 Å². The van der Waals surface area contributed by atoms with Gasteiger partial charge in [0.2, 0.25) is 0 Å². The van der Waals surface area contributed by atoms with Crippen molar-refractivity contribution in [2.24, 2.45) is 0 Å². The molecule has 1 aromatic carbocycles. The van der Waals surface area contributed by atoms with Gasteiger partial charge in [-0.25, -0.2) is 0 Å². The minimum Gasteiger partial charge on any atom is -0.384 e. The number of hydrogen-bond donors (Lipinski definition) is 1. The predicted molar refractivity (Wildman–Crippen MR) is 102 cm³/mol. The highest BCUT2D eigenvalue weighted by Crippen LogP contribution is 2.25. The zero-order valence-corrected chi connectivity index (χ0v) is 15.9. The van der Waals surface area contributed by atoms with Crippen LogP contribution in [0.2, 0.25) is 0 Å². The summed E-state index contributed by atoms with van der Waals surface area (Å²) in [4.78, 5) is 17.6. The van der Waals surface area contributed by atoms with Gasteiger partial charge in [-0.1, -0.05) is 32.0 Å². The van der Waals surface area contributed by atoms with Crippen LogP contribution in [0.5, 0.6) is 0 Å². The summed E-state index contributed by atoms with van der Waals surface area (Å²) in [6, 6.07) is 8.17. The van der Waals surface area contributed by atoms with Crippen LogP contribution in [0.3, 0.4) is 0 Å². The maximum atomic E-state index is 13.1. The van der Waals surface area contributed by atoms with E-state index >= 15 is 0 Å². The molecule has 1 aromatic heterocycles. The summed E-state index contributed by atoms with van der Waals surface area (Å²) in [7, 11) is 1.67. The Morgan fingerprint density at radius 1 is 1.12 bits per heavy atom. The minimum atomic E-state index is -0.0910. The number of ether oxygens (including phenoxy) is 1. The Hall–Kier alpha value is -2.20. The molecule has 0 aliphatic rings. The van der Waals surface area contributed by atoms with Gasteiger partial charge in [0.05, 0.1) is 17.9 Å². The fraction of sp³-hybridized carbons (Fsp3) is 0.429. The number of anilines is 1. The number of para-hydroxylation sites is 1. The molecular weight excluding hydrogens is 312 g/mol. The van der Waals surface area contributed by atoms with Crippen molar-refractivity contribution in [3.63, 3.8) is 0 Å². The van der Waals surface area contributed by atoms with E-state index in [0.717, 1.165) is 46.6 Å². The Bertz CT molecular complexity index is 732. The normalized spacial score (nSPS) is 10.8. The first-order chi connectivity index (χ1) is 12.0. The van der Waals surface area contributed by atoms with E-state index in [1.165, 1.54) is 0 Å². The molecule has 0 saturated carbocycles. The van der Waals surface area contributed by atoms with Gasteiger partial charge in [-0.3, -0.25) is 9.78 Å². The average Bonchev–Trinajstić information content (AvgIpc) is 2.59. The summed E-state index contributed by atoms with van der Waals surface area (Å²) in [5.41, 5.74) is 6.58. The topological polar surface area (TPSA) is 51.2 Å². The van der Waals surface area contributed by atoms with Crippen molar-refractivity contribution in [3.05, 3.63) is 57.9 Å². The number of nitrogens with one attached hydrogen (secondary N) is 1. The molecule has 4 heteroatoms. The third kappa shape index (κ3) is 4.45. The van der Waals surface area contributed by atoms with Crippen LogP contribution in [0.4, 0.5) is 5.69 Å². The SMILES string of the molecule is CCc1cccc(CC)c1NC(=O)c1c(CCOC)cc(C)nc1C. The van der Waals surface area contributed by atoms with Gasteiger partial charge in [-0.05, 0) is 55.9 Å². The van der Waals surface area contributed by atoms with Crippen molar-refractivity contribution in [1.29, 1.82) is 0 Å². The lowest BCUT2D eigenvalue weighted by Gasteiger charge is -2.17. The molecule has 2 aromatic rings. The Labute approximate surface area is 150 Å². The molecule has 134 valence electrons. The number of carbonyl (C=O) groups is 1. The van der Waals surface area contributed by atoms with Gasteiger partial charge < -0.3 is 10.1 Å². The molecule has 0 atom stereocenters. The van der Waals surface area contributed by atoms with Crippen molar-refractivity contribution < 1.29 is 9.53 Å². The van der Waals surface area contributed by atoms with Gasteiger partial charge in [-0.2, -0.15) is 0 Å². The van der Waals surface area contributed by atoms with Gasteiger partial charge in [-0.15, -0.1) is 0 Å². The molecule has 0 saturated heterocycles. The number of hydrogen-bond acceptors (Lipinski definition) is 3. The third-order valence-corrected chi connectivity index (χ3v) is 4.45. The Morgan fingerprint density at radius 3 is 2.32 bits per heavy atom. The molecule has 0 unspecified atom stereocenters. The second-order valence-electron chi connectivity index (χ2n) is 6.24. The van der Waals surface area contributed by atoms with Gasteiger partial charge >= 0.3 is 0 Å². The highest BCUT2D eigenvalue weighted by Gasteiger charge is 2.18. The van der Waals surface area contributed by atoms with Gasteiger partial charge in [0.25, 0.3) is 5.91 Å². The molecule has 25 heavy (non-hydrogen) atoms. The minimum absolute atomic E-state index is 0.0910. The largest absolute Gasteiger partial charge is 0.384 e. The Morgan fingerprint density at radius 2 is 1.76 bits per heavy atom. The molecule has 2 rings (SSSR count). The molecule has 0 radical (unpaired) electrons. The number of pyridine rings is 1. The van der Waals surface area contributed by atoms with Crippen molar-refractivity contribution in [2.75, 3.05) is 19.0 Å². The van der Waals surface area contributed by atoms with Crippen LogP contribution >= 0.6 is 0 Å². The number of aromatic nitrogens is 1. The molecule has 0 bridgehead atoms. The molecule has 0 aliphatic heterocycles. The van der Waals surface area contributed by atoms with Crippen molar-refractivity contribution in [3.8, 4) is 0 Å². The molecule has 4 nitrogen and oxygen atoms in total. The van der Waals surface area contributed by atoms with E-state index in [-0.39, 0.29) is 5.91 Å². The number of rotatable bonds is 7. The summed E-state index contributed by atoms with van der Waals surface area (Å²) in [5, 5.41) is 3.15. The first-order valence-electron chi connectivity index (χ1n) is 8.89. The van der Waals surface area contributed by atoms with Crippen LogP contribution in [0.1, 0.15) is 52.3 Å². The number of amides is 1. The number of methoxy groups -OCH3 is 1. The zero-order chi connectivity index (χ0) is 18.4. The fourth-order valence-electron chi connectivity index (χ4n) is 3.21. The maximum Gasteiger partial charge on any atom is 0.257 e. The highest BCUT2D eigenvalue weighted by molar-refractivity contribution is 6.06. The number of aryl methyl sites for hydroxylation is 4. The van der Waals surface area contributed by atoms with Crippen LogP contribution in [-0.4, -0.2) is 24.6 Å². The first-order valence-corrected chi connectivity index (χ1v) is 8.89. The second kappa shape index (κ2) is 8.77. The summed E-state index contributed by atoms with van der Waals surface area (Å²) in [6.07, 6.45) is 2.45. The standard InChI is InChI=1S/C21H28N2O2/c1-6-16-9-8-10-17(7-2)20(16)23-21(24)19-15(4)22-14(3)13-18(19)11-12-25-5/h8-10,13H,6-7,11-12H2,1-5H3,(H,23,24). The van der Waals surface area contributed by atoms with Crippen molar-refractivity contribution >= 4 is 11.6 Å².